The second-order valence-corrected chi connectivity index (χ2v) is 16.6. The van der Waals surface area contributed by atoms with Gasteiger partial charge in [-0.15, -0.1) is 0 Å². The number of fused-ring (bicyclic) bond motifs is 1. The average molecular weight is 472 g/mol. The van der Waals surface area contributed by atoms with E-state index in [-0.39, 0.29) is 6.04 Å². The summed E-state index contributed by atoms with van der Waals surface area (Å²) < 4.78 is 13.2. The molecule has 2 aromatic heterocycles. The van der Waals surface area contributed by atoms with Crippen molar-refractivity contribution in [2.45, 2.75) is 84.1 Å². The molecule has 0 saturated carbocycles. The number of carbonyl (C=O) groups excluding carboxylic acids is 2. The van der Waals surface area contributed by atoms with Crippen molar-refractivity contribution in [2.24, 2.45) is 0 Å². The van der Waals surface area contributed by atoms with Crippen molar-refractivity contribution in [1.29, 1.82) is 0 Å². The third kappa shape index (κ3) is 7.01. The molecule has 0 spiro atoms. The Labute approximate surface area is 197 Å². The summed E-state index contributed by atoms with van der Waals surface area (Å²) in [5.74, 6) is 0. The van der Waals surface area contributed by atoms with Crippen LogP contribution in [0.4, 0.5) is 4.79 Å². The monoisotopic (exact) mass is 471 g/mol. The fourth-order valence-corrected chi connectivity index (χ4v) is 4.73. The number of hydrogen-bond donors (Lipinski definition) is 1. The van der Waals surface area contributed by atoms with Gasteiger partial charge in [-0.2, -0.15) is 0 Å². The van der Waals surface area contributed by atoms with Crippen molar-refractivity contribution in [2.75, 3.05) is 6.61 Å². The molecule has 0 saturated heterocycles. The molecule has 1 aliphatic carbocycles. The van der Waals surface area contributed by atoms with Crippen LogP contribution in [0.25, 0.3) is 16.6 Å². The summed E-state index contributed by atoms with van der Waals surface area (Å²) in [4.78, 5) is 28.7. The van der Waals surface area contributed by atoms with E-state index < -0.39 is 19.8 Å². The molecule has 0 aromatic carbocycles. The molecule has 0 bridgehead atoms. The number of hydrogen-bond acceptors (Lipinski definition) is 5. The molecule has 0 radical (unpaired) electrons. The number of aldehydes is 1. The van der Waals surface area contributed by atoms with Crippen molar-refractivity contribution in [3.05, 3.63) is 35.7 Å². The molecular formula is C25H37N3O4Si. The number of aromatic nitrogens is 2. The largest absolute Gasteiger partial charge is 0.444 e. The zero-order chi connectivity index (χ0) is 24.2. The molecule has 1 atom stereocenters. The van der Waals surface area contributed by atoms with Crippen LogP contribution in [0.15, 0.2) is 24.5 Å². The highest BCUT2D eigenvalue weighted by atomic mass is 28.3. The second kappa shape index (κ2) is 10.2. The van der Waals surface area contributed by atoms with Gasteiger partial charge >= 0.3 is 6.09 Å². The fraction of sp³-hybridized carbons (Fsp3) is 0.560. The molecule has 180 valence electrons. The highest BCUT2D eigenvalue weighted by Crippen LogP contribution is 2.33. The minimum Gasteiger partial charge on any atom is -0.444 e. The number of pyridine rings is 1. The molecule has 1 unspecified atom stereocenters. The maximum atomic E-state index is 12.2. The van der Waals surface area contributed by atoms with Gasteiger partial charge in [0.15, 0.2) is 6.29 Å². The molecule has 0 fully saturated rings. The minimum atomic E-state index is -1.17. The first-order chi connectivity index (χ1) is 15.5. The van der Waals surface area contributed by atoms with Gasteiger partial charge in [-0.05, 0) is 63.3 Å². The zero-order valence-electron chi connectivity index (χ0n) is 20.7. The lowest BCUT2D eigenvalue weighted by Crippen LogP contribution is -2.39. The van der Waals surface area contributed by atoms with Gasteiger partial charge in [-0.3, -0.25) is 4.79 Å². The molecule has 8 heteroatoms. The predicted octanol–water partition coefficient (Wildman–Crippen LogP) is 5.62. The van der Waals surface area contributed by atoms with Gasteiger partial charge in [-0.1, -0.05) is 25.7 Å². The lowest BCUT2D eigenvalue weighted by Gasteiger charge is -2.26. The lowest BCUT2D eigenvalue weighted by atomic mass is 9.89. The van der Waals surface area contributed by atoms with E-state index in [1.54, 1.807) is 6.20 Å². The van der Waals surface area contributed by atoms with Gasteiger partial charge in [0.25, 0.3) is 0 Å². The van der Waals surface area contributed by atoms with Gasteiger partial charge in [0, 0.05) is 44.1 Å². The predicted molar refractivity (Wildman–Crippen MR) is 134 cm³/mol. The molecule has 1 amide bonds. The summed E-state index contributed by atoms with van der Waals surface area (Å²) in [6, 6.07) is 3.02. The number of amides is 1. The number of alkyl carbamates (subject to hydrolysis) is 1. The number of rotatable bonds is 8. The van der Waals surface area contributed by atoms with Gasteiger partial charge in [0.1, 0.15) is 18.0 Å². The van der Waals surface area contributed by atoms with Crippen LogP contribution in [-0.4, -0.2) is 48.3 Å². The lowest BCUT2D eigenvalue weighted by molar-refractivity contribution is 0.0502. The molecule has 3 rings (SSSR count). The maximum Gasteiger partial charge on any atom is 0.407 e. The highest BCUT2D eigenvalue weighted by Gasteiger charge is 2.24. The van der Waals surface area contributed by atoms with Crippen LogP contribution in [0.5, 0.6) is 0 Å². The first-order valence-corrected chi connectivity index (χ1v) is 15.4. The molecule has 7 nitrogen and oxygen atoms in total. The summed E-state index contributed by atoms with van der Waals surface area (Å²) >= 11 is 0. The highest BCUT2D eigenvalue weighted by molar-refractivity contribution is 6.76. The van der Waals surface area contributed by atoms with Gasteiger partial charge in [0.05, 0.1) is 0 Å². The van der Waals surface area contributed by atoms with Crippen molar-refractivity contribution < 1.29 is 19.1 Å². The molecule has 33 heavy (non-hydrogen) atoms. The van der Waals surface area contributed by atoms with Crippen LogP contribution >= 0.6 is 0 Å². The minimum absolute atomic E-state index is 0.0188. The molecule has 1 N–H and O–H groups in total. The number of carbonyl (C=O) groups is 2. The van der Waals surface area contributed by atoms with E-state index in [4.69, 9.17) is 9.47 Å². The Balaban J connectivity index is 1.79. The van der Waals surface area contributed by atoms with Crippen LogP contribution in [0.1, 0.15) is 56.0 Å². The number of nitrogens with one attached hydrogen (secondary N) is 1. The van der Waals surface area contributed by atoms with Crippen LogP contribution in [0.3, 0.4) is 0 Å². The van der Waals surface area contributed by atoms with E-state index in [1.165, 1.54) is 0 Å². The Morgan fingerprint density at radius 1 is 1.33 bits per heavy atom. The Morgan fingerprint density at radius 2 is 2.09 bits per heavy atom. The topological polar surface area (TPSA) is 82.5 Å². The third-order valence-corrected chi connectivity index (χ3v) is 7.28. The van der Waals surface area contributed by atoms with Crippen LogP contribution in [0, 0.1) is 0 Å². The number of allylic oxidation sites excluding steroid dienone is 1. The summed E-state index contributed by atoms with van der Waals surface area (Å²) in [6.45, 7) is 13.6. The number of ether oxygens (including phenoxy) is 2. The van der Waals surface area contributed by atoms with E-state index >= 15 is 0 Å². The summed E-state index contributed by atoms with van der Waals surface area (Å²) in [7, 11) is -1.17. The summed E-state index contributed by atoms with van der Waals surface area (Å²) in [5, 5.41) is 3.83. The smallest absolute Gasteiger partial charge is 0.407 e. The van der Waals surface area contributed by atoms with Gasteiger partial charge < -0.3 is 19.4 Å². The molecule has 0 aliphatic heterocycles. The first-order valence-electron chi connectivity index (χ1n) is 11.7. The Kier molecular flexibility index (Phi) is 7.79. The Morgan fingerprint density at radius 3 is 2.76 bits per heavy atom. The van der Waals surface area contributed by atoms with Crippen molar-refractivity contribution in [1.82, 2.24) is 14.9 Å². The van der Waals surface area contributed by atoms with Gasteiger partial charge in [-0.25, -0.2) is 9.78 Å². The van der Waals surface area contributed by atoms with E-state index in [0.29, 0.717) is 25.3 Å². The Bertz CT molecular complexity index is 1030. The zero-order valence-corrected chi connectivity index (χ0v) is 21.7. The third-order valence-electron chi connectivity index (χ3n) is 5.58. The quantitative estimate of drug-likeness (QED) is 0.307. The van der Waals surface area contributed by atoms with Gasteiger partial charge in [0.2, 0.25) is 0 Å². The van der Waals surface area contributed by atoms with Crippen LogP contribution < -0.4 is 5.32 Å². The van der Waals surface area contributed by atoms with Crippen molar-refractivity contribution in [3.63, 3.8) is 0 Å². The van der Waals surface area contributed by atoms with Crippen LogP contribution in [-0.2, 0) is 16.2 Å². The van der Waals surface area contributed by atoms with Crippen molar-refractivity contribution in [3.8, 4) is 0 Å². The van der Waals surface area contributed by atoms with Crippen LogP contribution in [0.2, 0.25) is 25.7 Å². The standard InChI is InChI=1S/C25H37N3O4Si/c1-25(2,3)32-24(30)27-20-9-7-8-18(14-20)21-10-11-26-23-22(21)19(16-29)15-28(23)17-31-12-13-33(4,5)6/h8,10-11,15-16,20H,7,9,12-14,17H2,1-6H3,(H,27,30). The van der Waals surface area contributed by atoms with E-state index in [0.717, 1.165) is 47.3 Å². The summed E-state index contributed by atoms with van der Waals surface area (Å²) in [5.41, 5.74) is 2.90. The maximum absolute atomic E-state index is 12.2. The number of nitrogens with zero attached hydrogens (tertiary/aromatic N) is 2. The summed E-state index contributed by atoms with van der Waals surface area (Å²) in [6.07, 6.45) is 8.64. The molecule has 2 heterocycles. The molecular weight excluding hydrogens is 434 g/mol. The molecule has 2 aromatic rings. The van der Waals surface area contributed by atoms with E-state index in [9.17, 15) is 9.59 Å². The first kappa shape index (κ1) is 25.2. The fourth-order valence-electron chi connectivity index (χ4n) is 3.97. The van der Waals surface area contributed by atoms with E-state index in [1.807, 2.05) is 37.6 Å². The second-order valence-electron chi connectivity index (χ2n) is 10.9. The molecule has 1 aliphatic rings. The van der Waals surface area contributed by atoms with E-state index in [2.05, 4.69) is 36.0 Å². The van der Waals surface area contributed by atoms with Crippen molar-refractivity contribution >= 4 is 37.1 Å². The average Bonchev–Trinajstić information content (AvgIpc) is 3.07. The SMILES string of the molecule is CC(C)(C)OC(=O)NC1CCC=C(c2ccnc3c2c(C=O)cn3COCC[Si](C)(C)C)C1. The normalized spacial score (nSPS) is 17.0. The Hall–Kier alpha value is -2.45.